The first-order valence-electron chi connectivity index (χ1n) is 6.47. The molecule has 3 heterocycles. The third-order valence-electron chi connectivity index (χ3n) is 3.21. The van der Waals surface area contributed by atoms with E-state index in [4.69, 9.17) is 0 Å². The van der Waals surface area contributed by atoms with Crippen LogP contribution in [0.4, 0.5) is 11.6 Å². The molecule has 98 valence electrons. The highest BCUT2D eigenvalue weighted by molar-refractivity contribution is 5.49. The van der Waals surface area contributed by atoms with Gasteiger partial charge in [-0.3, -0.25) is 0 Å². The molecule has 0 aliphatic carbocycles. The minimum atomic E-state index is 0.476. The van der Waals surface area contributed by atoms with E-state index in [1.165, 1.54) is 19.2 Å². The van der Waals surface area contributed by atoms with E-state index in [0.717, 1.165) is 24.5 Å². The Morgan fingerprint density at radius 3 is 2.95 bits per heavy atom. The number of hydrogen-bond donors (Lipinski definition) is 2. The predicted octanol–water partition coefficient (Wildman–Crippen LogP) is 1.48. The zero-order chi connectivity index (χ0) is 12.9. The zero-order valence-corrected chi connectivity index (χ0v) is 10.6. The van der Waals surface area contributed by atoms with E-state index < -0.39 is 0 Å². The fourth-order valence-electron chi connectivity index (χ4n) is 2.26. The molecule has 0 spiro atoms. The van der Waals surface area contributed by atoms with E-state index in [2.05, 4.69) is 30.6 Å². The fourth-order valence-corrected chi connectivity index (χ4v) is 2.26. The summed E-state index contributed by atoms with van der Waals surface area (Å²) in [4.78, 5) is 16.7. The Balaban J connectivity index is 1.76. The molecule has 0 amide bonds. The Labute approximate surface area is 111 Å². The van der Waals surface area contributed by atoms with Gasteiger partial charge in [0.25, 0.3) is 0 Å². The molecular weight excluding hydrogens is 240 g/mol. The van der Waals surface area contributed by atoms with Gasteiger partial charge in [0.05, 0.1) is 23.8 Å². The molecule has 6 heteroatoms. The van der Waals surface area contributed by atoms with Gasteiger partial charge in [-0.2, -0.15) is 0 Å². The summed E-state index contributed by atoms with van der Waals surface area (Å²) in [5.41, 5.74) is 1.88. The van der Waals surface area contributed by atoms with E-state index in [9.17, 15) is 0 Å². The van der Waals surface area contributed by atoms with Crippen molar-refractivity contribution in [3.63, 3.8) is 0 Å². The predicted molar refractivity (Wildman–Crippen MR) is 72.2 cm³/mol. The number of nitrogens with zero attached hydrogens (tertiary/aromatic N) is 4. The van der Waals surface area contributed by atoms with Crippen LogP contribution in [0.2, 0.25) is 0 Å². The van der Waals surface area contributed by atoms with Crippen LogP contribution in [0.3, 0.4) is 0 Å². The summed E-state index contributed by atoms with van der Waals surface area (Å²) < 4.78 is 0. The molecule has 1 fully saturated rings. The van der Waals surface area contributed by atoms with Gasteiger partial charge in [-0.25, -0.2) is 19.9 Å². The number of piperidine rings is 1. The molecule has 1 atom stereocenters. The van der Waals surface area contributed by atoms with Crippen molar-refractivity contribution in [3.05, 3.63) is 36.7 Å². The maximum absolute atomic E-state index is 4.57. The molecule has 0 unspecified atom stereocenters. The molecular formula is C13H16N6. The maximum atomic E-state index is 4.57. The number of anilines is 2. The summed E-state index contributed by atoms with van der Waals surface area (Å²) >= 11 is 0. The van der Waals surface area contributed by atoms with Crippen LogP contribution in [0, 0.1) is 0 Å². The van der Waals surface area contributed by atoms with Crippen molar-refractivity contribution in [2.24, 2.45) is 0 Å². The average molecular weight is 256 g/mol. The second kappa shape index (κ2) is 5.71. The summed E-state index contributed by atoms with van der Waals surface area (Å²) in [6, 6.07) is 1.99. The lowest BCUT2D eigenvalue weighted by Crippen LogP contribution is -2.28. The molecule has 2 aromatic heterocycles. The highest BCUT2D eigenvalue weighted by Crippen LogP contribution is 2.22. The number of nitrogens with one attached hydrogen (secondary N) is 2. The van der Waals surface area contributed by atoms with E-state index >= 15 is 0 Å². The van der Waals surface area contributed by atoms with Gasteiger partial charge >= 0.3 is 0 Å². The lowest BCUT2D eigenvalue weighted by Gasteiger charge is -2.22. The standard InChI is InChI=1S/C13H16N6/c1-2-10(6-14-4-1)12-3-5-17-13(19-12)18-11-7-15-9-16-8-11/h3,5,7-10,14H,1-2,4,6H2,(H,17,18,19)/t10-/m1/s1. The van der Waals surface area contributed by atoms with Crippen molar-refractivity contribution in [1.82, 2.24) is 25.3 Å². The van der Waals surface area contributed by atoms with Crippen LogP contribution < -0.4 is 10.6 Å². The molecule has 6 nitrogen and oxygen atoms in total. The Kier molecular flexibility index (Phi) is 3.60. The minimum Gasteiger partial charge on any atom is -0.322 e. The Morgan fingerprint density at radius 2 is 2.16 bits per heavy atom. The minimum absolute atomic E-state index is 0.476. The van der Waals surface area contributed by atoms with Crippen molar-refractivity contribution in [2.75, 3.05) is 18.4 Å². The van der Waals surface area contributed by atoms with Gasteiger partial charge in [-0.05, 0) is 25.5 Å². The first kappa shape index (κ1) is 12.0. The van der Waals surface area contributed by atoms with E-state index in [-0.39, 0.29) is 0 Å². The molecule has 0 bridgehead atoms. The highest BCUT2D eigenvalue weighted by Gasteiger charge is 2.16. The molecule has 0 radical (unpaired) electrons. The molecule has 3 rings (SSSR count). The molecule has 1 aliphatic heterocycles. The normalized spacial score (nSPS) is 19.1. The van der Waals surface area contributed by atoms with Crippen molar-refractivity contribution in [1.29, 1.82) is 0 Å². The SMILES string of the molecule is c1ncc(Nc2nccc([C@@H]3CCCNC3)n2)cn1. The lowest BCUT2D eigenvalue weighted by molar-refractivity contribution is 0.454. The monoisotopic (exact) mass is 256 g/mol. The van der Waals surface area contributed by atoms with Crippen LogP contribution in [0.1, 0.15) is 24.5 Å². The fraction of sp³-hybridized carbons (Fsp3) is 0.385. The van der Waals surface area contributed by atoms with Crippen LogP contribution in [0.5, 0.6) is 0 Å². The zero-order valence-electron chi connectivity index (χ0n) is 10.6. The summed E-state index contributed by atoms with van der Waals surface area (Å²) in [6.07, 6.45) is 9.07. The van der Waals surface area contributed by atoms with Gasteiger partial charge in [-0.1, -0.05) is 0 Å². The molecule has 2 N–H and O–H groups in total. The largest absolute Gasteiger partial charge is 0.322 e. The van der Waals surface area contributed by atoms with Gasteiger partial charge in [0.15, 0.2) is 0 Å². The summed E-state index contributed by atoms with van der Waals surface area (Å²) in [6.45, 7) is 2.10. The molecule has 0 aromatic carbocycles. The smallest absolute Gasteiger partial charge is 0.227 e. The quantitative estimate of drug-likeness (QED) is 0.866. The Bertz CT molecular complexity index is 524. The molecule has 1 saturated heterocycles. The second-order valence-corrected chi connectivity index (χ2v) is 4.60. The third kappa shape index (κ3) is 3.03. The first-order chi connectivity index (χ1) is 9.42. The average Bonchev–Trinajstić information content (AvgIpc) is 2.49. The molecule has 0 saturated carbocycles. The van der Waals surface area contributed by atoms with Crippen molar-refractivity contribution in [2.45, 2.75) is 18.8 Å². The highest BCUT2D eigenvalue weighted by atomic mass is 15.1. The summed E-state index contributed by atoms with van der Waals surface area (Å²) in [5, 5.41) is 6.52. The number of rotatable bonds is 3. The number of aromatic nitrogens is 4. The molecule has 1 aliphatic rings. The van der Waals surface area contributed by atoms with Crippen molar-refractivity contribution >= 4 is 11.6 Å². The summed E-state index contributed by atoms with van der Waals surface area (Å²) in [5.74, 6) is 1.07. The third-order valence-corrected chi connectivity index (χ3v) is 3.21. The molecule has 19 heavy (non-hydrogen) atoms. The van der Waals surface area contributed by atoms with Crippen LogP contribution >= 0.6 is 0 Å². The van der Waals surface area contributed by atoms with Gasteiger partial charge < -0.3 is 10.6 Å². The van der Waals surface area contributed by atoms with Crippen LogP contribution in [0.25, 0.3) is 0 Å². The van der Waals surface area contributed by atoms with Crippen LogP contribution in [-0.2, 0) is 0 Å². The van der Waals surface area contributed by atoms with Gasteiger partial charge in [-0.15, -0.1) is 0 Å². The Morgan fingerprint density at radius 1 is 1.26 bits per heavy atom. The van der Waals surface area contributed by atoms with Gasteiger partial charge in [0, 0.05) is 18.7 Å². The van der Waals surface area contributed by atoms with E-state index in [1.807, 2.05) is 6.07 Å². The van der Waals surface area contributed by atoms with E-state index in [0.29, 0.717) is 11.9 Å². The molecule has 2 aromatic rings. The van der Waals surface area contributed by atoms with Crippen LogP contribution in [0.15, 0.2) is 31.0 Å². The maximum Gasteiger partial charge on any atom is 0.227 e. The van der Waals surface area contributed by atoms with Gasteiger partial charge in [0.2, 0.25) is 5.95 Å². The van der Waals surface area contributed by atoms with Gasteiger partial charge in [0.1, 0.15) is 6.33 Å². The second-order valence-electron chi connectivity index (χ2n) is 4.60. The van der Waals surface area contributed by atoms with Crippen molar-refractivity contribution < 1.29 is 0 Å². The summed E-state index contributed by atoms with van der Waals surface area (Å²) in [7, 11) is 0. The topological polar surface area (TPSA) is 75.6 Å². The number of hydrogen-bond acceptors (Lipinski definition) is 6. The Hall–Kier alpha value is -2.08. The lowest BCUT2D eigenvalue weighted by atomic mass is 9.96. The van der Waals surface area contributed by atoms with E-state index in [1.54, 1.807) is 18.6 Å². The first-order valence-corrected chi connectivity index (χ1v) is 6.47. The van der Waals surface area contributed by atoms with Crippen molar-refractivity contribution in [3.8, 4) is 0 Å². The van der Waals surface area contributed by atoms with Crippen LogP contribution in [-0.4, -0.2) is 33.0 Å².